The second kappa shape index (κ2) is 8.79. The Bertz CT molecular complexity index is 1250. The number of urea groups is 1. The molecule has 34 heavy (non-hydrogen) atoms. The van der Waals surface area contributed by atoms with E-state index in [-0.39, 0.29) is 38.0 Å². The minimum Gasteiger partial charge on any atom is -0.398 e. The number of thiophene rings is 1. The largest absolute Gasteiger partial charge is 0.398 e. The van der Waals surface area contributed by atoms with Gasteiger partial charge in [-0.25, -0.2) is 23.5 Å². The van der Waals surface area contributed by atoms with Crippen molar-refractivity contribution in [3.63, 3.8) is 0 Å². The van der Waals surface area contributed by atoms with E-state index >= 15 is 0 Å². The number of alkyl halides is 2. The van der Waals surface area contributed by atoms with Gasteiger partial charge in [0.05, 0.1) is 5.39 Å². The zero-order valence-corrected chi connectivity index (χ0v) is 19.2. The van der Waals surface area contributed by atoms with Gasteiger partial charge in [-0.15, -0.1) is 11.3 Å². The van der Waals surface area contributed by atoms with Crippen molar-refractivity contribution in [2.75, 3.05) is 24.1 Å². The van der Waals surface area contributed by atoms with E-state index in [0.717, 1.165) is 33.6 Å². The third-order valence-corrected chi connectivity index (χ3v) is 7.62. The van der Waals surface area contributed by atoms with Gasteiger partial charge in [-0.05, 0) is 36.6 Å². The summed E-state index contributed by atoms with van der Waals surface area (Å²) in [6.07, 6.45) is 4.35. The second-order valence-corrected chi connectivity index (χ2v) is 9.84. The van der Waals surface area contributed by atoms with Crippen LogP contribution >= 0.6 is 11.3 Å². The first kappa shape index (κ1) is 22.5. The van der Waals surface area contributed by atoms with Gasteiger partial charge in [0.2, 0.25) is 0 Å². The number of nitrogens with zero attached hydrogens (tertiary/aromatic N) is 3. The highest BCUT2D eigenvalue weighted by molar-refractivity contribution is 7.19. The molecule has 1 aromatic carbocycles. The molecule has 0 saturated carbocycles. The minimum absolute atomic E-state index is 0.0490. The average molecular weight is 486 g/mol. The number of anilines is 3. The molecule has 178 valence electrons. The van der Waals surface area contributed by atoms with Crippen molar-refractivity contribution in [3.05, 3.63) is 40.5 Å². The Hall–Kier alpha value is -3.34. The van der Waals surface area contributed by atoms with Crippen LogP contribution in [0.4, 0.5) is 30.8 Å². The van der Waals surface area contributed by atoms with Gasteiger partial charge in [-0.3, -0.25) is 0 Å². The molecule has 2 aliphatic rings. The molecule has 5 rings (SSSR count). The highest BCUT2D eigenvalue weighted by Gasteiger charge is 2.36. The first-order valence-corrected chi connectivity index (χ1v) is 12.0. The number of carbonyl (C=O) groups excluding carboxylic acids is 1. The van der Waals surface area contributed by atoms with E-state index in [1.54, 1.807) is 23.5 Å². The van der Waals surface area contributed by atoms with E-state index < -0.39 is 5.92 Å². The summed E-state index contributed by atoms with van der Waals surface area (Å²) >= 11 is 1.59. The van der Waals surface area contributed by atoms with Crippen LogP contribution in [-0.4, -0.2) is 52.2 Å². The number of fused-ring (bicyclic) bond motifs is 3. The molecule has 8 nitrogen and oxygen atoms in total. The summed E-state index contributed by atoms with van der Waals surface area (Å²) < 4.78 is 26.8. The highest BCUT2D eigenvalue weighted by atomic mass is 32.1. The van der Waals surface area contributed by atoms with Crippen molar-refractivity contribution in [2.24, 2.45) is 0 Å². The third-order valence-electron chi connectivity index (χ3n) is 6.46. The maximum Gasteiger partial charge on any atom is 0.317 e. The quantitative estimate of drug-likeness (QED) is 0.324. The molecule has 1 aliphatic heterocycles. The summed E-state index contributed by atoms with van der Waals surface area (Å²) in [6.45, 7) is 0.157. The molecule has 1 saturated heterocycles. The number of piperidine rings is 1. The molecule has 1 unspecified atom stereocenters. The van der Waals surface area contributed by atoms with E-state index in [1.165, 1.54) is 23.0 Å². The summed E-state index contributed by atoms with van der Waals surface area (Å²) in [5.41, 5.74) is 9.01. The van der Waals surface area contributed by atoms with Crippen molar-refractivity contribution >= 4 is 51.0 Å². The van der Waals surface area contributed by atoms with Gasteiger partial charge in [0.1, 0.15) is 17.0 Å². The van der Waals surface area contributed by atoms with Crippen LogP contribution in [0, 0.1) is 5.41 Å². The summed E-state index contributed by atoms with van der Waals surface area (Å²) in [7, 11) is 0. The van der Waals surface area contributed by atoms with Crippen molar-refractivity contribution in [1.82, 2.24) is 20.2 Å². The Kier molecular flexibility index (Phi) is 5.80. The Morgan fingerprint density at radius 2 is 2.09 bits per heavy atom. The van der Waals surface area contributed by atoms with Crippen LogP contribution in [0.5, 0.6) is 0 Å². The smallest absolute Gasteiger partial charge is 0.317 e. The number of hydrogen-bond donors (Lipinski definition) is 4. The maximum atomic E-state index is 13.4. The topological polar surface area (TPSA) is 120 Å². The van der Waals surface area contributed by atoms with Gasteiger partial charge in [-0.1, -0.05) is 0 Å². The number of nitrogen functional groups attached to an aromatic ring is 1. The molecule has 3 heterocycles. The van der Waals surface area contributed by atoms with E-state index in [0.29, 0.717) is 23.5 Å². The number of benzene rings is 1. The van der Waals surface area contributed by atoms with Gasteiger partial charge >= 0.3 is 6.03 Å². The number of carbonyl (C=O) groups is 1. The third kappa shape index (κ3) is 4.39. The van der Waals surface area contributed by atoms with Crippen molar-refractivity contribution in [1.29, 1.82) is 5.41 Å². The number of amides is 2. The fourth-order valence-corrected chi connectivity index (χ4v) is 5.81. The highest BCUT2D eigenvalue weighted by Crippen LogP contribution is 2.39. The predicted molar refractivity (Wildman–Crippen MR) is 130 cm³/mol. The molecule has 1 aliphatic carbocycles. The summed E-state index contributed by atoms with van der Waals surface area (Å²) in [4.78, 5) is 25.0. The van der Waals surface area contributed by atoms with E-state index in [2.05, 4.69) is 20.6 Å². The SMILES string of the molecule is N=Cc1cc(Nc2ncnc3sc4c(c23)CCC(NC(=O)N2CCC(F)(F)CC2)C4)ccc1N. The lowest BCUT2D eigenvalue weighted by Gasteiger charge is -2.33. The van der Waals surface area contributed by atoms with Crippen LogP contribution in [0.1, 0.15) is 35.3 Å². The Morgan fingerprint density at radius 3 is 2.85 bits per heavy atom. The summed E-state index contributed by atoms with van der Waals surface area (Å²) in [5, 5.41) is 14.9. The monoisotopic (exact) mass is 485 g/mol. The number of nitrogens with two attached hydrogens (primary N) is 1. The molecule has 2 aromatic heterocycles. The van der Waals surface area contributed by atoms with Gasteiger partial charge in [-0.2, -0.15) is 0 Å². The molecule has 1 fully saturated rings. The second-order valence-electron chi connectivity index (χ2n) is 8.75. The number of aromatic nitrogens is 2. The van der Waals surface area contributed by atoms with E-state index in [4.69, 9.17) is 11.1 Å². The number of hydrogen-bond acceptors (Lipinski definition) is 7. The normalized spacial score (nSPS) is 19.5. The van der Waals surface area contributed by atoms with Crippen LogP contribution in [0.25, 0.3) is 10.2 Å². The van der Waals surface area contributed by atoms with Crippen LogP contribution < -0.4 is 16.4 Å². The van der Waals surface area contributed by atoms with Crippen LogP contribution in [-0.2, 0) is 12.8 Å². The lowest BCUT2D eigenvalue weighted by molar-refractivity contribution is -0.0471. The minimum atomic E-state index is -2.67. The molecular weight excluding hydrogens is 460 g/mol. The van der Waals surface area contributed by atoms with E-state index in [9.17, 15) is 13.6 Å². The Balaban J connectivity index is 1.32. The number of rotatable bonds is 4. The van der Waals surface area contributed by atoms with E-state index in [1.807, 2.05) is 6.07 Å². The first-order chi connectivity index (χ1) is 16.3. The fourth-order valence-electron chi connectivity index (χ4n) is 4.55. The lowest BCUT2D eigenvalue weighted by atomic mass is 9.93. The van der Waals surface area contributed by atoms with Crippen molar-refractivity contribution in [3.8, 4) is 0 Å². The Labute approximate surface area is 199 Å². The molecular formula is C23H25F2N7OS. The number of nitrogens with one attached hydrogen (secondary N) is 3. The molecule has 11 heteroatoms. The molecule has 5 N–H and O–H groups in total. The van der Waals surface area contributed by atoms with Gasteiger partial charge in [0, 0.05) is 66.4 Å². The number of aryl methyl sites for hydroxylation is 1. The molecule has 0 spiro atoms. The molecule has 3 aromatic rings. The number of likely N-dealkylation sites (tertiary alicyclic amines) is 1. The Morgan fingerprint density at radius 1 is 1.29 bits per heavy atom. The standard InChI is InChI=1S/C23H25F2N7OS/c24-23(25)5-7-32(8-6-23)22(33)31-15-1-3-16-18(10-15)34-21-19(16)20(28-12-29-21)30-14-2-4-17(27)13(9-14)11-26/h2,4,9,11-12,15,26H,1,3,5-8,10,27H2,(H,31,33)(H,28,29,30). The zero-order valence-electron chi connectivity index (χ0n) is 18.4. The summed E-state index contributed by atoms with van der Waals surface area (Å²) in [5.74, 6) is -1.98. The van der Waals surface area contributed by atoms with Crippen molar-refractivity contribution in [2.45, 2.75) is 44.1 Å². The lowest BCUT2D eigenvalue weighted by Crippen LogP contribution is -2.50. The van der Waals surface area contributed by atoms with Gasteiger partial charge in [0.25, 0.3) is 5.92 Å². The van der Waals surface area contributed by atoms with Crippen LogP contribution in [0.15, 0.2) is 24.5 Å². The number of halogens is 2. The molecule has 2 amide bonds. The van der Waals surface area contributed by atoms with Gasteiger partial charge < -0.3 is 26.7 Å². The van der Waals surface area contributed by atoms with Gasteiger partial charge in [0.15, 0.2) is 0 Å². The van der Waals surface area contributed by atoms with Crippen LogP contribution in [0.3, 0.4) is 0 Å². The average Bonchev–Trinajstić information content (AvgIpc) is 3.19. The molecule has 0 bridgehead atoms. The molecule has 0 radical (unpaired) electrons. The summed E-state index contributed by atoms with van der Waals surface area (Å²) in [6, 6.07) is 5.08. The predicted octanol–water partition coefficient (Wildman–Crippen LogP) is 4.31. The van der Waals surface area contributed by atoms with Crippen molar-refractivity contribution < 1.29 is 13.6 Å². The first-order valence-electron chi connectivity index (χ1n) is 11.2. The fraction of sp³-hybridized carbons (Fsp3) is 0.391. The maximum absolute atomic E-state index is 13.4. The molecule has 1 atom stereocenters. The van der Waals surface area contributed by atoms with Crippen LogP contribution in [0.2, 0.25) is 0 Å². The zero-order chi connectivity index (χ0) is 23.9.